The molecule has 2 N–H and O–H groups in total. The molecule has 0 radical (unpaired) electrons. The van der Waals surface area contributed by atoms with Crippen LogP contribution in [0, 0.1) is 0 Å². The van der Waals surface area contributed by atoms with E-state index in [-0.39, 0.29) is 18.4 Å². The molecule has 0 aliphatic rings. The minimum absolute atomic E-state index is 0.269. The number of rotatable bonds is 6. The van der Waals surface area contributed by atoms with Crippen molar-refractivity contribution in [2.45, 2.75) is 6.92 Å². The Balaban J connectivity index is 1.70. The largest absolute Gasteiger partial charge is 0.462 e. The molecule has 29 heavy (non-hydrogen) atoms. The maximum Gasteiger partial charge on any atom is 0.338 e. The number of halogens is 1. The van der Waals surface area contributed by atoms with Crippen molar-refractivity contribution in [3.05, 3.63) is 81.0 Å². The summed E-state index contributed by atoms with van der Waals surface area (Å²) in [7, 11) is 0. The molecule has 0 fully saturated rings. The lowest BCUT2D eigenvalue weighted by Gasteiger charge is -2.09. The van der Waals surface area contributed by atoms with E-state index >= 15 is 0 Å². The molecule has 2 aromatic carbocycles. The standard InChI is InChI=1S/C21H17ClN2O4S/c1-2-28-21(27)14-6-4-8-16(12-14)23-19(25)13-5-3-7-15(11-13)24-20(26)17-9-10-18(22)29-17/h3-12H,2H2,1H3,(H,23,25)(H,24,26). The topological polar surface area (TPSA) is 84.5 Å². The van der Waals surface area contributed by atoms with E-state index in [4.69, 9.17) is 16.3 Å². The number of benzene rings is 2. The maximum absolute atomic E-state index is 12.6. The Bertz CT molecular complexity index is 1060. The average Bonchev–Trinajstić information content (AvgIpc) is 3.15. The SMILES string of the molecule is CCOC(=O)c1cccc(NC(=O)c2cccc(NC(=O)c3ccc(Cl)s3)c2)c1. The lowest BCUT2D eigenvalue weighted by atomic mass is 10.1. The monoisotopic (exact) mass is 428 g/mol. The Labute approximate surface area is 176 Å². The van der Waals surface area contributed by atoms with E-state index in [0.717, 1.165) is 0 Å². The number of amides is 2. The Morgan fingerprint density at radius 1 is 0.897 bits per heavy atom. The van der Waals surface area contributed by atoms with Crippen molar-refractivity contribution < 1.29 is 19.1 Å². The number of thiophene rings is 1. The van der Waals surface area contributed by atoms with Gasteiger partial charge in [-0.1, -0.05) is 23.7 Å². The van der Waals surface area contributed by atoms with Gasteiger partial charge in [0.25, 0.3) is 11.8 Å². The van der Waals surface area contributed by atoms with Crippen LogP contribution in [0.4, 0.5) is 11.4 Å². The fourth-order valence-electron chi connectivity index (χ4n) is 2.51. The van der Waals surface area contributed by atoms with Gasteiger partial charge in [0.2, 0.25) is 0 Å². The number of hydrogen-bond acceptors (Lipinski definition) is 5. The molecule has 2 amide bonds. The van der Waals surface area contributed by atoms with Gasteiger partial charge < -0.3 is 15.4 Å². The molecule has 0 saturated carbocycles. The second kappa shape index (κ2) is 9.36. The Morgan fingerprint density at radius 2 is 1.52 bits per heavy atom. The van der Waals surface area contributed by atoms with Crippen molar-refractivity contribution in [1.29, 1.82) is 0 Å². The molecule has 0 atom stereocenters. The van der Waals surface area contributed by atoms with E-state index in [1.54, 1.807) is 67.6 Å². The highest BCUT2D eigenvalue weighted by Gasteiger charge is 2.12. The van der Waals surface area contributed by atoms with E-state index in [2.05, 4.69) is 10.6 Å². The van der Waals surface area contributed by atoms with Crippen LogP contribution in [0.1, 0.15) is 37.3 Å². The zero-order chi connectivity index (χ0) is 20.8. The van der Waals surface area contributed by atoms with Crippen molar-refractivity contribution in [3.8, 4) is 0 Å². The maximum atomic E-state index is 12.6. The highest BCUT2D eigenvalue weighted by molar-refractivity contribution is 7.18. The number of hydrogen-bond donors (Lipinski definition) is 2. The van der Waals surface area contributed by atoms with Crippen LogP contribution in [0.2, 0.25) is 4.34 Å². The second-order valence-corrected chi connectivity index (χ2v) is 7.61. The molecular formula is C21H17ClN2O4S. The van der Waals surface area contributed by atoms with E-state index in [1.807, 2.05) is 0 Å². The molecular weight excluding hydrogens is 412 g/mol. The van der Waals surface area contributed by atoms with Gasteiger partial charge in [-0.05, 0) is 55.5 Å². The molecule has 8 heteroatoms. The zero-order valence-corrected chi connectivity index (χ0v) is 17.0. The molecule has 0 bridgehead atoms. The Hall–Kier alpha value is -3.16. The van der Waals surface area contributed by atoms with Gasteiger partial charge in [-0.3, -0.25) is 9.59 Å². The van der Waals surface area contributed by atoms with Gasteiger partial charge in [0.15, 0.2) is 0 Å². The summed E-state index contributed by atoms with van der Waals surface area (Å²) in [5.41, 5.74) is 1.64. The lowest BCUT2D eigenvalue weighted by Crippen LogP contribution is -2.14. The third kappa shape index (κ3) is 5.43. The van der Waals surface area contributed by atoms with Crippen LogP contribution in [-0.2, 0) is 4.74 Å². The normalized spacial score (nSPS) is 10.3. The van der Waals surface area contributed by atoms with Gasteiger partial charge in [-0.25, -0.2) is 4.79 Å². The predicted octanol–water partition coefficient (Wildman–Crippen LogP) is 5.08. The van der Waals surface area contributed by atoms with Crippen LogP contribution in [0.5, 0.6) is 0 Å². The molecule has 1 aromatic heterocycles. The average molecular weight is 429 g/mol. The highest BCUT2D eigenvalue weighted by atomic mass is 35.5. The minimum atomic E-state index is -0.456. The fraction of sp³-hybridized carbons (Fsp3) is 0.0952. The summed E-state index contributed by atoms with van der Waals surface area (Å²) < 4.78 is 5.49. The first-order chi connectivity index (χ1) is 14.0. The number of ether oxygens (including phenoxy) is 1. The van der Waals surface area contributed by atoms with Crippen molar-refractivity contribution in [3.63, 3.8) is 0 Å². The molecule has 6 nitrogen and oxygen atoms in total. The first kappa shape index (κ1) is 20.6. The van der Waals surface area contributed by atoms with Crippen LogP contribution in [0.15, 0.2) is 60.7 Å². The summed E-state index contributed by atoms with van der Waals surface area (Å²) in [5, 5.41) is 5.48. The lowest BCUT2D eigenvalue weighted by molar-refractivity contribution is 0.0526. The molecule has 1 heterocycles. The third-order valence-corrected chi connectivity index (χ3v) is 5.04. The smallest absolute Gasteiger partial charge is 0.338 e. The van der Waals surface area contributed by atoms with Crippen LogP contribution in [0.25, 0.3) is 0 Å². The third-order valence-electron chi connectivity index (χ3n) is 3.81. The van der Waals surface area contributed by atoms with E-state index in [0.29, 0.717) is 31.7 Å². The molecule has 0 saturated heterocycles. The molecule has 0 aliphatic heterocycles. The van der Waals surface area contributed by atoms with Gasteiger partial charge in [-0.2, -0.15) is 0 Å². The van der Waals surface area contributed by atoms with Gasteiger partial charge in [0.05, 0.1) is 21.4 Å². The van der Waals surface area contributed by atoms with Crippen molar-refractivity contribution in [1.82, 2.24) is 0 Å². The summed E-state index contributed by atoms with van der Waals surface area (Å²) in [6.07, 6.45) is 0. The van der Waals surface area contributed by atoms with Crippen LogP contribution >= 0.6 is 22.9 Å². The Kier molecular flexibility index (Phi) is 6.64. The molecule has 0 unspecified atom stereocenters. The van der Waals surface area contributed by atoms with Gasteiger partial charge in [-0.15, -0.1) is 11.3 Å². The van der Waals surface area contributed by atoms with Gasteiger partial charge in [0, 0.05) is 16.9 Å². The number of carbonyl (C=O) groups excluding carboxylic acids is 3. The second-order valence-electron chi connectivity index (χ2n) is 5.89. The van der Waals surface area contributed by atoms with Crippen molar-refractivity contribution in [2.24, 2.45) is 0 Å². The van der Waals surface area contributed by atoms with E-state index in [1.165, 1.54) is 11.3 Å². The van der Waals surface area contributed by atoms with E-state index < -0.39 is 5.97 Å². The van der Waals surface area contributed by atoms with Gasteiger partial charge in [0.1, 0.15) is 0 Å². The number of anilines is 2. The van der Waals surface area contributed by atoms with E-state index in [9.17, 15) is 14.4 Å². The van der Waals surface area contributed by atoms with Gasteiger partial charge >= 0.3 is 5.97 Å². The quantitative estimate of drug-likeness (QED) is 0.536. The molecule has 3 aromatic rings. The van der Waals surface area contributed by atoms with Crippen LogP contribution in [0.3, 0.4) is 0 Å². The number of carbonyl (C=O) groups is 3. The summed E-state index contributed by atoms with van der Waals surface area (Å²) in [6.45, 7) is 1.99. The molecule has 148 valence electrons. The summed E-state index contributed by atoms with van der Waals surface area (Å²) >= 11 is 7.03. The van der Waals surface area contributed by atoms with Crippen LogP contribution in [-0.4, -0.2) is 24.4 Å². The van der Waals surface area contributed by atoms with Crippen molar-refractivity contribution >= 4 is 52.1 Å². The first-order valence-electron chi connectivity index (χ1n) is 8.71. The minimum Gasteiger partial charge on any atom is -0.462 e. The highest BCUT2D eigenvalue weighted by Crippen LogP contribution is 2.23. The Morgan fingerprint density at radius 3 is 2.14 bits per heavy atom. The summed E-state index contributed by atoms with van der Waals surface area (Å²) in [6, 6.07) is 16.3. The molecule has 3 rings (SSSR count). The molecule has 0 spiro atoms. The van der Waals surface area contributed by atoms with Crippen LogP contribution < -0.4 is 10.6 Å². The first-order valence-corrected chi connectivity index (χ1v) is 9.91. The van der Waals surface area contributed by atoms with Crippen molar-refractivity contribution in [2.75, 3.05) is 17.2 Å². The fourth-order valence-corrected chi connectivity index (χ4v) is 3.45. The molecule has 0 aliphatic carbocycles. The number of esters is 1. The predicted molar refractivity (Wildman–Crippen MR) is 114 cm³/mol. The summed E-state index contributed by atoms with van der Waals surface area (Å²) in [4.78, 5) is 37.1. The number of nitrogens with one attached hydrogen (secondary N) is 2. The zero-order valence-electron chi connectivity index (χ0n) is 15.4. The summed E-state index contributed by atoms with van der Waals surface area (Å²) in [5.74, 6) is -1.13.